The topological polar surface area (TPSA) is 65.1 Å². The Morgan fingerprint density at radius 3 is 2.34 bits per heavy atom. The number of allylic oxidation sites excluding steroid dienone is 2. The second-order valence-corrected chi connectivity index (χ2v) is 8.06. The fourth-order valence-electron chi connectivity index (χ4n) is 3.19. The van der Waals surface area contributed by atoms with Gasteiger partial charge in [0.25, 0.3) is 0 Å². The standard InChI is InChI=1S/C25H42ClNO5/c1-6-7-8-9-11-14-22(30-3)15-12-10-13-16-24(28)27(2)20-21(19-26)17-23(31-4)18-25(29)32-5/h10,12,18-19,22H,6-9,11,13-17,20H2,1-5H3/b12-10+,21-19?,23-18?/t22-/m0/s1. The lowest BCUT2D eigenvalue weighted by molar-refractivity contribution is -0.135. The Bertz CT molecular complexity index is 615. The number of rotatable bonds is 18. The van der Waals surface area contributed by atoms with Gasteiger partial charge in [-0.2, -0.15) is 0 Å². The van der Waals surface area contributed by atoms with Gasteiger partial charge in [-0.25, -0.2) is 4.79 Å². The van der Waals surface area contributed by atoms with E-state index in [2.05, 4.69) is 23.8 Å². The molecule has 0 aliphatic rings. The van der Waals surface area contributed by atoms with Crippen molar-refractivity contribution in [3.8, 4) is 0 Å². The number of unbranched alkanes of at least 4 members (excludes halogenated alkanes) is 4. The lowest BCUT2D eigenvalue weighted by Gasteiger charge is -2.19. The molecule has 7 heteroatoms. The molecule has 0 unspecified atom stereocenters. The molecule has 1 atom stereocenters. The van der Waals surface area contributed by atoms with Gasteiger partial charge in [-0.1, -0.05) is 62.8 Å². The summed E-state index contributed by atoms with van der Waals surface area (Å²) in [6.45, 7) is 2.58. The highest BCUT2D eigenvalue weighted by Crippen LogP contribution is 2.15. The largest absolute Gasteiger partial charge is 0.500 e. The highest BCUT2D eigenvalue weighted by atomic mass is 35.5. The van der Waals surface area contributed by atoms with Crippen molar-refractivity contribution in [2.75, 3.05) is 34.9 Å². The summed E-state index contributed by atoms with van der Waals surface area (Å²) in [5.41, 5.74) is 2.18. The smallest absolute Gasteiger partial charge is 0.333 e. The minimum absolute atomic E-state index is 0.0285. The maximum atomic E-state index is 12.4. The number of hydrogen-bond acceptors (Lipinski definition) is 5. The molecule has 0 aliphatic carbocycles. The predicted octanol–water partition coefficient (Wildman–Crippen LogP) is 5.76. The number of esters is 1. The van der Waals surface area contributed by atoms with Crippen molar-refractivity contribution in [2.45, 2.75) is 77.2 Å². The van der Waals surface area contributed by atoms with Crippen molar-refractivity contribution >= 4 is 23.5 Å². The minimum atomic E-state index is -0.501. The molecule has 0 aromatic heterocycles. The SMILES string of the molecule is CCCCCCC[C@@H](C/C=C/CCC(=O)N(C)CC(=CCl)CC(=CC(=O)OC)OC)OC. The number of halogens is 1. The van der Waals surface area contributed by atoms with E-state index in [1.165, 1.54) is 57.9 Å². The van der Waals surface area contributed by atoms with E-state index in [1.807, 2.05) is 0 Å². The van der Waals surface area contributed by atoms with Gasteiger partial charge in [0.05, 0.1) is 26.4 Å². The van der Waals surface area contributed by atoms with Crippen LogP contribution >= 0.6 is 11.6 Å². The third-order valence-corrected chi connectivity index (χ3v) is 5.53. The molecule has 6 nitrogen and oxygen atoms in total. The van der Waals surface area contributed by atoms with Crippen molar-refractivity contribution in [2.24, 2.45) is 0 Å². The maximum Gasteiger partial charge on any atom is 0.333 e. The summed E-state index contributed by atoms with van der Waals surface area (Å²) in [7, 11) is 6.28. The van der Waals surface area contributed by atoms with Crippen LogP contribution in [0.2, 0.25) is 0 Å². The molecule has 0 aromatic rings. The summed E-state index contributed by atoms with van der Waals surface area (Å²) in [5, 5.41) is 0. The molecule has 0 bridgehead atoms. The summed E-state index contributed by atoms with van der Waals surface area (Å²) in [6.07, 6.45) is 15.4. The van der Waals surface area contributed by atoms with E-state index < -0.39 is 5.97 Å². The highest BCUT2D eigenvalue weighted by molar-refractivity contribution is 6.25. The monoisotopic (exact) mass is 471 g/mol. The summed E-state index contributed by atoms with van der Waals surface area (Å²) in [6, 6.07) is 0. The van der Waals surface area contributed by atoms with E-state index in [0.29, 0.717) is 31.6 Å². The minimum Gasteiger partial charge on any atom is -0.500 e. The van der Waals surface area contributed by atoms with Crippen LogP contribution in [0.1, 0.15) is 71.1 Å². The zero-order valence-corrected chi connectivity index (χ0v) is 21.3. The van der Waals surface area contributed by atoms with Crippen LogP contribution in [0.25, 0.3) is 0 Å². The first-order valence-corrected chi connectivity index (χ1v) is 11.9. The van der Waals surface area contributed by atoms with Gasteiger partial charge in [0.2, 0.25) is 5.91 Å². The third kappa shape index (κ3) is 15.1. The van der Waals surface area contributed by atoms with E-state index in [0.717, 1.165) is 18.4 Å². The fourth-order valence-corrected chi connectivity index (χ4v) is 3.34. The zero-order chi connectivity index (χ0) is 24.2. The number of amides is 1. The molecular weight excluding hydrogens is 430 g/mol. The first kappa shape index (κ1) is 30.2. The van der Waals surface area contributed by atoms with Gasteiger partial charge >= 0.3 is 5.97 Å². The average molecular weight is 472 g/mol. The number of carbonyl (C=O) groups excluding carboxylic acids is 2. The first-order valence-electron chi connectivity index (χ1n) is 11.4. The van der Waals surface area contributed by atoms with Gasteiger partial charge < -0.3 is 19.1 Å². The number of likely N-dealkylation sites (N-methyl/N-ethyl adjacent to an activating group) is 1. The van der Waals surface area contributed by atoms with E-state index in [4.69, 9.17) is 21.1 Å². The fraction of sp³-hybridized carbons (Fsp3) is 0.680. The van der Waals surface area contributed by atoms with Crippen LogP contribution in [0, 0.1) is 0 Å². The van der Waals surface area contributed by atoms with Crippen molar-refractivity contribution in [3.63, 3.8) is 0 Å². The molecule has 184 valence electrons. The van der Waals surface area contributed by atoms with Gasteiger partial charge in [0, 0.05) is 39.1 Å². The summed E-state index contributed by atoms with van der Waals surface area (Å²) in [4.78, 5) is 25.5. The Morgan fingerprint density at radius 1 is 1.03 bits per heavy atom. The quantitative estimate of drug-likeness (QED) is 0.0835. The van der Waals surface area contributed by atoms with E-state index in [9.17, 15) is 9.59 Å². The predicted molar refractivity (Wildman–Crippen MR) is 130 cm³/mol. The highest BCUT2D eigenvalue weighted by Gasteiger charge is 2.13. The number of carbonyl (C=O) groups is 2. The molecule has 0 saturated heterocycles. The summed E-state index contributed by atoms with van der Waals surface area (Å²) in [5.74, 6) is -0.0504. The van der Waals surface area contributed by atoms with Crippen LogP contribution in [0.15, 0.2) is 35.1 Å². The van der Waals surface area contributed by atoms with Crippen LogP contribution in [-0.4, -0.2) is 57.8 Å². The Balaban J connectivity index is 4.35. The Kier molecular flexibility index (Phi) is 18.8. The molecule has 32 heavy (non-hydrogen) atoms. The number of ether oxygens (including phenoxy) is 3. The van der Waals surface area contributed by atoms with E-state index in [-0.39, 0.29) is 12.0 Å². The van der Waals surface area contributed by atoms with Gasteiger partial charge in [0.1, 0.15) is 5.76 Å². The molecule has 0 radical (unpaired) electrons. The average Bonchev–Trinajstić information content (AvgIpc) is 2.80. The van der Waals surface area contributed by atoms with Crippen molar-refractivity contribution in [3.05, 3.63) is 35.1 Å². The van der Waals surface area contributed by atoms with Gasteiger partial charge in [-0.3, -0.25) is 4.79 Å². The Labute approximate surface area is 199 Å². The van der Waals surface area contributed by atoms with Crippen molar-refractivity contribution < 1.29 is 23.8 Å². The summed E-state index contributed by atoms with van der Waals surface area (Å²) >= 11 is 5.92. The van der Waals surface area contributed by atoms with Crippen LogP contribution in [0.5, 0.6) is 0 Å². The molecule has 0 spiro atoms. The van der Waals surface area contributed by atoms with Crippen molar-refractivity contribution in [1.29, 1.82) is 0 Å². The number of nitrogens with zero attached hydrogens (tertiary/aromatic N) is 1. The van der Waals surface area contributed by atoms with Crippen LogP contribution in [0.3, 0.4) is 0 Å². The van der Waals surface area contributed by atoms with Gasteiger partial charge in [0.15, 0.2) is 0 Å². The van der Waals surface area contributed by atoms with Crippen LogP contribution < -0.4 is 0 Å². The summed E-state index contributed by atoms with van der Waals surface area (Å²) < 4.78 is 15.4. The molecule has 0 fully saturated rings. The van der Waals surface area contributed by atoms with Crippen molar-refractivity contribution in [1.82, 2.24) is 4.90 Å². The first-order chi connectivity index (χ1) is 15.4. The van der Waals surface area contributed by atoms with Gasteiger partial charge in [-0.15, -0.1) is 0 Å². The molecule has 0 aliphatic heterocycles. The molecule has 0 saturated carbocycles. The molecule has 0 aromatic carbocycles. The van der Waals surface area contributed by atoms with E-state index >= 15 is 0 Å². The zero-order valence-electron chi connectivity index (χ0n) is 20.5. The second-order valence-electron chi connectivity index (χ2n) is 7.84. The van der Waals surface area contributed by atoms with Crippen LogP contribution in [0.4, 0.5) is 0 Å². The Hall–Kier alpha value is -1.79. The lowest BCUT2D eigenvalue weighted by Crippen LogP contribution is -2.28. The molecule has 1 amide bonds. The number of hydrogen-bond donors (Lipinski definition) is 0. The second kappa shape index (κ2) is 19.9. The van der Waals surface area contributed by atoms with Gasteiger partial charge in [-0.05, 0) is 24.8 Å². The normalized spacial score (nSPS) is 13.3. The van der Waals surface area contributed by atoms with E-state index in [1.54, 1.807) is 19.1 Å². The molecule has 0 heterocycles. The molecule has 0 rings (SSSR count). The lowest BCUT2D eigenvalue weighted by atomic mass is 10.1. The molecule has 0 N–H and O–H groups in total. The van der Waals surface area contributed by atoms with Crippen LogP contribution in [-0.2, 0) is 23.8 Å². The third-order valence-electron chi connectivity index (χ3n) is 5.22. The number of methoxy groups -OCH3 is 3. The molecular formula is C25H42ClNO5. The maximum absolute atomic E-state index is 12.4. The Morgan fingerprint density at radius 2 is 1.75 bits per heavy atom.